The van der Waals surface area contributed by atoms with Crippen LogP contribution in [-0.2, 0) is 30.7 Å². The van der Waals surface area contributed by atoms with Gasteiger partial charge in [-0.15, -0.1) is 10.2 Å². The van der Waals surface area contributed by atoms with Crippen LogP contribution in [0.3, 0.4) is 0 Å². The van der Waals surface area contributed by atoms with E-state index >= 15 is 0 Å². The summed E-state index contributed by atoms with van der Waals surface area (Å²) in [6.45, 7) is 0.355. The van der Waals surface area contributed by atoms with Crippen LogP contribution >= 0.6 is 0 Å². The number of benzene rings is 1. The van der Waals surface area contributed by atoms with E-state index in [0.29, 0.717) is 0 Å². The first-order valence-corrected chi connectivity index (χ1v) is 8.57. The average Bonchev–Trinajstić information content (AvgIpc) is 2.98. The third kappa shape index (κ3) is 4.83. The van der Waals surface area contributed by atoms with Crippen LogP contribution in [0.1, 0.15) is 23.6 Å². The van der Waals surface area contributed by atoms with Crippen LogP contribution in [0.25, 0.3) is 0 Å². The van der Waals surface area contributed by atoms with Crippen LogP contribution in [0, 0.1) is 11.6 Å². The van der Waals surface area contributed by atoms with E-state index < -0.39 is 30.3 Å². The lowest BCUT2D eigenvalue weighted by atomic mass is 10.0. The number of nitrogens with zero attached hydrogens (tertiary/aromatic N) is 4. The van der Waals surface area contributed by atoms with Crippen LogP contribution < -0.4 is 5.73 Å². The fourth-order valence-electron chi connectivity index (χ4n) is 3.15. The number of carbonyl (C=O) groups excluding carboxylic acids is 1. The van der Waals surface area contributed by atoms with E-state index in [9.17, 15) is 26.7 Å². The first-order valence-electron chi connectivity index (χ1n) is 8.57. The predicted molar refractivity (Wildman–Crippen MR) is 87.9 cm³/mol. The van der Waals surface area contributed by atoms with Crippen molar-refractivity contribution in [1.29, 1.82) is 0 Å². The molecule has 152 valence electrons. The summed E-state index contributed by atoms with van der Waals surface area (Å²) >= 11 is 0. The van der Waals surface area contributed by atoms with Gasteiger partial charge in [0.05, 0.1) is 6.54 Å². The van der Waals surface area contributed by atoms with Gasteiger partial charge in [0.1, 0.15) is 23.9 Å². The quantitative estimate of drug-likeness (QED) is 0.775. The lowest BCUT2D eigenvalue weighted by molar-refractivity contribution is -0.134. The van der Waals surface area contributed by atoms with Gasteiger partial charge >= 0.3 is 6.18 Å². The Kier molecular flexibility index (Phi) is 5.64. The molecule has 0 aliphatic carbocycles. The molecule has 2 heterocycles. The number of fused-ring (bicyclic) bond motifs is 1. The Bertz CT molecular complexity index is 866. The molecular weight excluding hydrogens is 385 g/mol. The molecule has 1 aromatic carbocycles. The Morgan fingerprint density at radius 2 is 1.96 bits per heavy atom. The number of nitrogens with two attached hydrogens (primary N) is 1. The maximum absolute atomic E-state index is 13.7. The summed E-state index contributed by atoms with van der Waals surface area (Å²) in [6, 6.07) is 2.29. The van der Waals surface area contributed by atoms with Crippen LogP contribution in [0.4, 0.5) is 22.0 Å². The minimum atomic E-state index is -4.39. The lowest BCUT2D eigenvalue weighted by Gasteiger charge is -2.29. The third-order valence-corrected chi connectivity index (χ3v) is 4.47. The van der Waals surface area contributed by atoms with Gasteiger partial charge < -0.3 is 15.2 Å². The van der Waals surface area contributed by atoms with Gasteiger partial charge in [0.15, 0.2) is 5.82 Å². The lowest BCUT2D eigenvalue weighted by Crippen LogP contribution is -2.41. The number of amides is 1. The number of rotatable bonds is 5. The molecule has 1 amide bonds. The average molecular weight is 403 g/mol. The summed E-state index contributed by atoms with van der Waals surface area (Å²) in [5.41, 5.74) is 5.98. The number of hydrogen-bond donors (Lipinski definition) is 1. The highest BCUT2D eigenvalue weighted by Crippen LogP contribution is 2.22. The van der Waals surface area contributed by atoms with Crippen molar-refractivity contribution < 1.29 is 26.7 Å². The fourth-order valence-corrected chi connectivity index (χ4v) is 3.15. The molecule has 6 nitrogen and oxygen atoms in total. The Morgan fingerprint density at radius 1 is 1.21 bits per heavy atom. The van der Waals surface area contributed by atoms with Crippen molar-refractivity contribution in [1.82, 2.24) is 19.7 Å². The van der Waals surface area contributed by atoms with E-state index in [1.54, 1.807) is 0 Å². The van der Waals surface area contributed by atoms with E-state index in [1.807, 2.05) is 0 Å². The maximum atomic E-state index is 13.7. The molecule has 1 aliphatic heterocycles. The minimum absolute atomic E-state index is 0.0186. The zero-order chi connectivity index (χ0) is 20.5. The minimum Gasteiger partial charge on any atom is -0.333 e. The number of hydrogen-bond acceptors (Lipinski definition) is 4. The second kappa shape index (κ2) is 7.82. The standard InChI is InChI=1S/C17H18F5N5O/c18-11-1-2-13(19)10(5-11)6-12(23)7-16(28)26-3-4-27-14(8-17(20,21)22)24-25-15(27)9-26/h1-2,5,12H,3-4,6-9,23H2. The second-order valence-electron chi connectivity index (χ2n) is 6.70. The van der Waals surface area contributed by atoms with Gasteiger partial charge in [-0.3, -0.25) is 4.79 Å². The predicted octanol–water partition coefficient (Wildman–Crippen LogP) is 1.96. The second-order valence-corrected chi connectivity index (χ2v) is 6.70. The molecular formula is C17H18F5N5O. The van der Waals surface area contributed by atoms with Gasteiger partial charge in [0.2, 0.25) is 5.91 Å². The molecule has 28 heavy (non-hydrogen) atoms. The van der Waals surface area contributed by atoms with Crippen molar-refractivity contribution in [3.8, 4) is 0 Å². The van der Waals surface area contributed by atoms with E-state index in [1.165, 1.54) is 9.47 Å². The maximum Gasteiger partial charge on any atom is 0.396 e. The summed E-state index contributed by atoms with van der Waals surface area (Å²) in [5, 5.41) is 7.30. The fraction of sp³-hybridized carbons (Fsp3) is 0.471. The zero-order valence-corrected chi connectivity index (χ0v) is 14.7. The molecule has 11 heteroatoms. The summed E-state index contributed by atoms with van der Waals surface area (Å²) < 4.78 is 66.0. The molecule has 0 saturated carbocycles. The molecule has 0 fully saturated rings. The molecule has 1 aromatic heterocycles. The molecule has 0 saturated heterocycles. The van der Waals surface area contributed by atoms with Gasteiger partial charge in [-0.1, -0.05) is 0 Å². The highest BCUT2D eigenvalue weighted by Gasteiger charge is 2.33. The number of aromatic nitrogens is 3. The molecule has 1 atom stereocenters. The smallest absolute Gasteiger partial charge is 0.333 e. The Morgan fingerprint density at radius 3 is 2.68 bits per heavy atom. The topological polar surface area (TPSA) is 77.0 Å². The SMILES string of the molecule is NC(CC(=O)N1CCn2c(nnc2CC(F)(F)F)C1)Cc1cc(F)ccc1F. The largest absolute Gasteiger partial charge is 0.396 e. The molecule has 1 aliphatic rings. The third-order valence-electron chi connectivity index (χ3n) is 4.47. The van der Waals surface area contributed by atoms with E-state index in [4.69, 9.17) is 5.73 Å². The summed E-state index contributed by atoms with van der Waals surface area (Å²) in [7, 11) is 0. The summed E-state index contributed by atoms with van der Waals surface area (Å²) in [4.78, 5) is 13.9. The van der Waals surface area contributed by atoms with Crippen LogP contribution in [-0.4, -0.2) is 44.3 Å². The molecule has 0 spiro atoms. The molecule has 2 N–H and O–H groups in total. The Labute approximate surface area is 157 Å². The number of carbonyl (C=O) groups is 1. The Balaban J connectivity index is 1.59. The first kappa shape index (κ1) is 20.2. The van der Waals surface area contributed by atoms with Crippen molar-refractivity contribution >= 4 is 5.91 Å². The van der Waals surface area contributed by atoms with Crippen molar-refractivity contribution in [2.45, 2.75) is 44.6 Å². The normalized spacial score (nSPS) is 15.4. The van der Waals surface area contributed by atoms with Crippen molar-refractivity contribution in [3.05, 3.63) is 47.0 Å². The molecule has 0 bridgehead atoms. The van der Waals surface area contributed by atoms with Crippen molar-refractivity contribution in [3.63, 3.8) is 0 Å². The van der Waals surface area contributed by atoms with Crippen LogP contribution in [0.5, 0.6) is 0 Å². The summed E-state index contributed by atoms with van der Waals surface area (Å²) in [5.74, 6) is -1.46. The number of halogens is 5. The van der Waals surface area contributed by atoms with Crippen molar-refractivity contribution in [2.75, 3.05) is 6.54 Å². The summed E-state index contributed by atoms with van der Waals surface area (Å²) in [6.07, 6.45) is -5.71. The van der Waals surface area contributed by atoms with Gasteiger partial charge in [-0.2, -0.15) is 13.2 Å². The van der Waals surface area contributed by atoms with E-state index in [0.717, 1.165) is 18.2 Å². The van der Waals surface area contributed by atoms with E-state index in [-0.39, 0.29) is 55.6 Å². The van der Waals surface area contributed by atoms with Crippen molar-refractivity contribution in [2.24, 2.45) is 5.73 Å². The Hall–Kier alpha value is -2.56. The first-order chi connectivity index (χ1) is 13.1. The van der Waals surface area contributed by atoms with Crippen LogP contribution in [0.15, 0.2) is 18.2 Å². The van der Waals surface area contributed by atoms with Crippen LogP contribution in [0.2, 0.25) is 0 Å². The van der Waals surface area contributed by atoms with Gasteiger partial charge in [-0.05, 0) is 30.2 Å². The molecule has 2 aromatic rings. The van der Waals surface area contributed by atoms with Gasteiger partial charge in [-0.25, -0.2) is 8.78 Å². The van der Waals surface area contributed by atoms with Gasteiger partial charge in [0.25, 0.3) is 0 Å². The highest BCUT2D eigenvalue weighted by molar-refractivity contribution is 5.76. The number of alkyl halides is 3. The van der Waals surface area contributed by atoms with Gasteiger partial charge in [0, 0.05) is 25.6 Å². The monoisotopic (exact) mass is 403 g/mol. The van der Waals surface area contributed by atoms with E-state index in [2.05, 4.69) is 10.2 Å². The molecule has 0 radical (unpaired) electrons. The highest BCUT2D eigenvalue weighted by atomic mass is 19.4. The molecule has 1 unspecified atom stereocenters. The zero-order valence-electron chi connectivity index (χ0n) is 14.7. The molecule has 3 rings (SSSR count).